The number of hydrogen-bond donors (Lipinski definition) is 0. The minimum absolute atomic E-state index is 0.247. The zero-order valence-electron chi connectivity index (χ0n) is 16.3. The highest BCUT2D eigenvalue weighted by Gasteiger charge is 2.14. The Morgan fingerprint density at radius 2 is 1.44 bits per heavy atom. The Morgan fingerprint density at radius 3 is 2.07 bits per heavy atom. The molecule has 0 heterocycles. The van der Waals surface area contributed by atoms with Gasteiger partial charge in [0.15, 0.2) is 0 Å². The molecule has 0 aliphatic heterocycles. The first-order valence-corrected chi connectivity index (χ1v) is 9.72. The summed E-state index contributed by atoms with van der Waals surface area (Å²) in [7, 11) is 0. The van der Waals surface area contributed by atoms with E-state index in [0.29, 0.717) is 22.3 Å². The molecule has 3 rings (SSSR count). The van der Waals surface area contributed by atoms with E-state index in [9.17, 15) is 8.78 Å². The van der Waals surface area contributed by atoms with Crippen LogP contribution in [0.2, 0.25) is 0 Å². The summed E-state index contributed by atoms with van der Waals surface area (Å²) >= 11 is 0. The van der Waals surface area contributed by atoms with E-state index in [0.717, 1.165) is 36.8 Å². The highest BCUT2D eigenvalue weighted by Crippen LogP contribution is 2.31. The zero-order valence-corrected chi connectivity index (χ0v) is 16.3. The summed E-state index contributed by atoms with van der Waals surface area (Å²) in [6.07, 6.45) is 3.95. The maximum Gasteiger partial charge on any atom is 0.134 e. The van der Waals surface area contributed by atoms with Crippen molar-refractivity contribution >= 4 is 0 Å². The first-order chi connectivity index (χ1) is 13.0. The molecule has 0 fully saturated rings. The predicted octanol–water partition coefficient (Wildman–Crippen LogP) is 7.51. The van der Waals surface area contributed by atoms with Gasteiger partial charge in [-0.2, -0.15) is 0 Å². The van der Waals surface area contributed by atoms with E-state index in [1.165, 1.54) is 11.6 Å². The van der Waals surface area contributed by atoms with Crippen molar-refractivity contribution < 1.29 is 8.78 Å². The molecule has 2 heteroatoms. The molecule has 0 nitrogen and oxygen atoms in total. The maximum atomic E-state index is 14.9. The lowest BCUT2D eigenvalue weighted by molar-refractivity contribution is 0.616. The van der Waals surface area contributed by atoms with Crippen molar-refractivity contribution in [2.45, 2.75) is 46.5 Å². The number of benzene rings is 3. The predicted molar refractivity (Wildman–Crippen MR) is 110 cm³/mol. The molecule has 0 aliphatic rings. The molecule has 3 aromatic rings. The largest absolute Gasteiger partial charge is 0.206 e. The van der Waals surface area contributed by atoms with Crippen molar-refractivity contribution in [3.63, 3.8) is 0 Å². The molecule has 27 heavy (non-hydrogen) atoms. The maximum absolute atomic E-state index is 14.9. The average Bonchev–Trinajstić information content (AvgIpc) is 2.69. The second-order valence-electron chi connectivity index (χ2n) is 7.06. The Morgan fingerprint density at radius 1 is 0.778 bits per heavy atom. The third-order valence-electron chi connectivity index (χ3n) is 5.25. The van der Waals surface area contributed by atoms with Crippen LogP contribution in [0, 0.1) is 18.6 Å². The highest BCUT2D eigenvalue weighted by atomic mass is 19.1. The molecular formula is C25H26F2. The van der Waals surface area contributed by atoms with Gasteiger partial charge in [-0.15, -0.1) is 0 Å². The molecule has 140 valence electrons. The van der Waals surface area contributed by atoms with Crippen molar-refractivity contribution in [2.24, 2.45) is 0 Å². The summed E-state index contributed by atoms with van der Waals surface area (Å²) in [5, 5.41) is 0. The second-order valence-corrected chi connectivity index (χ2v) is 7.06. The molecule has 0 atom stereocenters. The van der Waals surface area contributed by atoms with Crippen LogP contribution in [0.4, 0.5) is 8.78 Å². The molecule has 0 unspecified atom stereocenters. The first kappa shape index (κ1) is 19.3. The summed E-state index contributed by atoms with van der Waals surface area (Å²) in [6.45, 7) is 6.03. The van der Waals surface area contributed by atoms with Gasteiger partial charge in [-0.05, 0) is 60.1 Å². The monoisotopic (exact) mass is 364 g/mol. The normalized spacial score (nSPS) is 11.0. The van der Waals surface area contributed by atoms with Crippen LogP contribution in [0.5, 0.6) is 0 Å². The minimum atomic E-state index is -0.330. The van der Waals surface area contributed by atoms with Crippen LogP contribution >= 0.6 is 0 Å². The van der Waals surface area contributed by atoms with E-state index >= 15 is 0 Å². The van der Waals surface area contributed by atoms with Crippen molar-refractivity contribution in [2.75, 3.05) is 0 Å². The molecule has 0 amide bonds. The Kier molecular flexibility index (Phi) is 6.05. The smallest absolute Gasteiger partial charge is 0.134 e. The Bertz CT molecular complexity index is 924. The fourth-order valence-electron chi connectivity index (χ4n) is 3.42. The van der Waals surface area contributed by atoms with Crippen LogP contribution in [0.3, 0.4) is 0 Å². The van der Waals surface area contributed by atoms with E-state index in [1.807, 2.05) is 37.3 Å². The Labute approximate surface area is 160 Å². The van der Waals surface area contributed by atoms with Crippen LogP contribution < -0.4 is 0 Å². The molecule has 0 aliphatic carbocycles. The summed E-state index contributed by atoms with van der Waals surface area (Å²) in [4.78, 5) is 0. The average molecular weight is 364 g/mol. The van der Waals surface area contributed by atoms with Crippen LogP contribution in [-0.4, -0.2) is 0 Å². The van der Waals surface area contributed by atoms with Gasteiger partial charge in [0.2, 0.25) is 0 Å². The molecule has 0 spiro atoms. The molecular weight excluding hydrogens is 338 g/mol. The van der Waals surface area contributed by atoms with E-state index in [1.54, 1.807) is 18.2 Å². The minimum Gasteiger partial charge on any atom is -0.206 e. The van der Waals surface area contributed by atoms with E-state index in [4.69, 9.17) is 0 Å². The number of hydrogen-bond acceptors (Lipinski definition) is 0. The van der Waals surface area contributed by atoms with Crippen LogP contribution in [0.25, 0.3) is 22.3 Å². The molecule has 0 N–H and O–H groups in total. The van der Waals surface area contributed by atoms with Crippen molar-refractivity contribution in [3.05, 3.63) is 82.9 Å². The summed E-state index contributed by atoms with van der Waals surface area (Å²) in [5.74, 6) is -0.577. The van der Waals surface area contributed by atoms with Gasteiger partial charge >= 0.3 is 0 Å². The van der Waals surface area contributed by atoms with Crippen LogP contribution in [0.15, 0.2) is 54.6 Å². The van der Waals surface area contributed by atoms with Gasteiger partial charge in [-0.3, -0.25) is 0 Å². The molecule has 3 aromatic carbocycles. The molecule has 0 saturated carbocycles. The van der Waals surface area contributed by atoms with Gasteiger partial charge in [-0.1, -0.05) is 68.8 Å². The standard InChI is InChI=1S/C25H26F2/c1-4-6-7-19-12-15-23(25(27)17(19)3)21-13-14-22(24(26)16-21)20-10-8-18(5-2)9-11-20/h8-16H,4-7H2,1-3H3. The van der Waals surface area contributed by atoms with Crippen molar-refractivity contribution in [3.8, 4) is 22.3 Å². The van der Waals surface area contributed by atoms with Gasteiger partial charge in [0.25, 0.3) is 0 Å². The highest BCUT2D eigenvalue weighted by molar-refractivity contribution is 5.72. The number of unbranched alkanes of at least 4 members (excludes halogenated alkanes) is 1. The number of aryl methyl sites for hydroxylation is 2. The fourth-order valence-corrected chi connectivity index (χ4v) is 3.42. The summed E-state index contributed by atoms with van der Waals surface area (Å²) in [5.41, 5.74) is 5.33. The van der Waals surface area contributed by atoms with Gasteiger partial charge in [0.05, 0.1) is 0 Å². The molecule has 0 radical (unpaired) electrons. The van der Waals surface area contributed by atoms with E-state index in [2.05, 4.69) is 13.8 Å². The fraction of sp³-hybridized carbons (Fsp3) is 0.280. The van der Waals surface area contributed by atoms with E-state index < -0.39 is 0 Å². The third-order valence-corrected chi connectivity index (χ3v) is 5.25. The molecule has 0 aromatic heterocycles. The molecule has 0 saturated heterocycles. The lowest BCUT2D eigenvalue weighted by Gasteiger charge is -2.12. The third kappa shape index (κ3) is 4.10. The zero-order chi connectivity index (χ0) is 19.4. The van der Waals surface area contributed by atoms with Gasteiger partial charge < -0.3 is 0 Å². The summed E-state index contributed by atoms with van der Waals surface area (Å²) < 4.78 is 29.7. The van der Waals surface area contributed by atoms with Gasteiger partial charge in [-0.25, -0.2) is 8.78 Å². The summed E-state index contributed by atoms with van der Waals surface area (Å²) in [6, 6.07) is 16.6. The SMILES string of the molecule is CCCCc1ccc(-c2ccc(-c3ccc(CC)cc3)c(F)c2)c(F)c1C. The Balaban J connectivity index is 1.94. The van der Waals surface area contributed by atoms with E-state index in [-0.39, 0.29) is 11.6 Å². The molecule has 0 bridgehead atoms. The second kappa shape index (κ2) is 8.47. The van der Waals surface area contributed by atoms with Crippen LogP contribution in [0.1, 0.15) is 43.4 Å². The Hall–Kier alpha value is -2.48. The van der Waals surface area contributed by atoms with Gasteiger partial charge in [0, 0.05) is 11.1 Å². The topological polar surface area (TPSA) is 0 Å². The lowest BCUT2D eigenvalue weighted by atomic mass is 9.94. The number of halogens is 2. The van der Waals surface area contributed by atoms with Crippen molar-refractivity contribution in [1.29, 1.82) is 0 Å². The van der Waals surface area contributed by atoms with Crippen molar-refractivity contribution in [1.82, 2.24) is 0 Å². The first-order valence-electron chi connectivity index (χ1n) is 9.72. The lowest BCUT2D eigenvalue weighted by Crippen LogP contribution is -1.97. The number of rotatable bonds is 6. The van der Waals surface area contributed by atoms with Gasteiger partial charge in [0.1, 0.15) is 11.6 Å². The van der Waals surface area contributed by atoms with Crippen LogP contribution in [-0.2, 0) is 12.8 Å². The quantitative estimate of drug-likeness (QED) is 0.424.